The van der Waals surface area contributed by atoms with Gasteiger partial charge in [-0.25, -0.2) is 0 Å². The van der Waals surface area contributed by atoms with E-state index in [0.29, 0.717) is 17.9 Å². The second-order valence-corrected chi connectivity index (χ2v) is 6.41. The fourth-order valence-corrected chi connectivity index (χ4v) is 3.62. The van der Waals surface area contributed by atoms with E-state index in [-0.39, 0.29) is 6.10 Å². The Kier molecular flexibility index (Phi) is 4.45. The summed E-state index contributed by atoms with van der Waals surface area (Å²) >= 11 is 0. The van der Waals surface area contributed by atoms with Crippen LogP contribution in [0.3, 0.4) is 0 Å². The van der Waals surface area contributed by atoms with Gasteiger partial charge in [-0.2, -0.15) is 0 Å². The number of nitrogens with zero attached hydrogens (tertiary/aromatic N) is 1. The number of hydrogen-bond acceptors (Lipinski definition) is 3. The maximum atomic E-state index is 9.34. The van der Waals surface area contributed by atoms with Gasteiger partial charge in [-0.15, -0.1) is 0 Å². The molecule has 0 radical (unpaired) electrons. The van der Waals surface area contributed by atoms with Gasteiger partial charge in [0.15, 0.2) is 0 Å². The molecule has 0 spiro atoms. The van der Waals surface area contributed by atoms with Crippen LogP contribution in [-0.2, 0) is 0 Å². The van der Waals surface area contributed by atoms with Gasteiger partial charge in [-0.3, -0.25) is 0 Å². The van der Waals surface area contributed by atoms with Gasteiger partial charge in [0.1, 0.15) is 0 Å². The van der Waals surface area contributed by atoms with Crippen molar-refractivity contribution in [1.29, 1.82) is 0 Å². The fourth-order valence-electron chi connectivity index (χ4n) is 3.62. The lowest BCUT2D eigenvalue weighted by Gasteiger charge is -2.43. The average molecular weight is 240 g/mol. The molecule has 2 fully saturated rings. The number of nitrogens with two attached hydrogens (primary N) is 1. The van der Waals surface area contributed by atoms with E-state index in [2.05, 4.69) is 18.9 Å². The molecule has 0 aromatic heterocycles. The molecule has 3 atom stereocenters. The van der Waals surface area contributed by atoms with Crippen LogP contribution in [0.2, 0.25) is 0 Å². The zero-order valence-corrected chi connectivity index (χ0v) is 11.3. The highest BCUT2D eigenvalue weighted by Gasteiger charge is 2.34. The van der Waals surface area contributed by atoms with Crippen LogP contribution in [0.4, 0.5) is 0 Å². The van der Waals surface area contributed by atoms with Crippen LogP contribution in [0, 0.1) is 17.8 Å². The monoisotopic (exact) mass is 240 g/mol. The molecule has 0 saturated heterocycles. The molecule has 0 aliphatic heterocycles. The normalized spacial score (nSPS) is 42.5. The zero-order chi connectivity index (χ0) is 12.4. The van der Waals surface area contributed by atoms with Crippen LogP contribution in [-0.4, -0.2) is 42.3 Å². The first kappa shape index (κ1) is 13.3. The molecule has 17 heavy (non-hydrogen) atoms. The first-order chi connectivity index (χ1) is 8.10. The molecular weight excluding hydrogens is 212 g/mol. The molecule has 2 aliphatic carbocycles. The number of aliphatic hydroxyl groups is 1. The van der Waals surface area contributed by atoms with Crippen molar-refractivity contribution in [2.24, 2.45) is 23.5 Å². The number of aliphatic hydroxyl groups excluding tert-OH is 1. The van der Waals surface area contributed by atoms with E-state index in [0.717, 1.165) is 31.8 Å². The summed E-state index contributed by atoms with van der Waals surface area (Å²) in [6.45, 7) is 4.33. The Morgan fingerprint density at radius 2 is 1.94 bits per heavy atom. The second kappa shape index (κ2) is 5.68. The third-order valence-electron chi connectivity index (χ3n) is 4.84. The average Bonchev–Trinajstić information content (AvgIpc) is 2.27. The largest absolute Gasteiger partial charge is 0.393 e. The lowest BCUT2D eigenvalue weighted by Crippen LogP contribution is -2.48. The van der Waals surface area contributed by atoms with Gasteiger partial charge in [-0.1, -0.05) is 13.3 Å². The topological polar surface area (TPSA) is 49.5 Å². The van der Waals surface area contributed by atoms with Crippen molar-refractivity contribution in [3.8, 4) is 0 Å². The van der Waals surface area contributed by atoms with E-state index in [9.17, 15) is 5.11 Å². The summed E-state index contributed by atoms with van der Waals surface area (Å²) < 4.78 is 0. The molecule has 0 amide bonds. The lowest BCUT2D eigenvalue weighted by molar-refractivity contribution is 0.00918. The van der Waals surface area contributed by atoms with Gasteiger partial charge in [0, 0.05) is 12.6 Å². The minimum Gasteiger partial charge on any atom is -0.393 e. The van der Waals surface area contributed by atoms with Crippen molar-refractivity contribution < 1.29 is 5.11 Å². The third-order valence-corrected chi connectivity index (χ3v) is 4.84. The predicted molar refractivity (Wildman–Crippen MR) is 70.7 cm³/mol. The maximum Gasteiger partial charge on any atom is 0.0546 e. The molecule has 0 aromatic carbocycles. The smallest absolute Gasteiger partial charge is 0.0546 e. The summed E-state index contributed by atoms with van der Waals surface area (Å²) in [6.07, 6.45) is 5.91. The highest BCUT2D eigenvalue weighted by atomic mass is 16.3. The lowest BCUT2D eigenvalue weighted by atomic mass is 9.77. The summed E-state index contributed by atoms with van der Waals surface area (Å²) in [5, 5.41) is 9.34. The highest BCUT2D eigenvalue weighted by Crippen LogP contribution is 2.34. The molecule has 2 rings (SSSR count). The standard InChI is InChI=1S/C14H28N2O/c1-10-3-4-12(8-15)14(5-10)16(2)9-11-6-13(17)7-11/h10-14,17H,3-9,15H2,1-2H3. The molecular formula is C14H28N2O. The number of rotatable bonds is 4. The van der Waals surface area contributed by atoms with Gasteiger partial charge in [0.05, 0.1) is 6.10 Å². The molecule has 2 aliphatic rings. The molecule has 0 aromatic rings. The third kappa shape index (κ3) is 3.21. The van der Waals surface area contributed by atoms with Crippen molar-refractivity contribution in [2.75, 3.05) is 20.1 Å². The fraction of sp³-hybridized carbons (Fsp3) is 1.00. The van der Waals surface area contributed by atoms with E-state index in [1.807, 2.05) is 0 Å². The Morgan fingerprint density at radius 1 is 1.24 bits per heavy atom. The minimum absolute atomic E-state index is 0.0241. The Labute approximate surface area is 105 Å². The van der Waals surface area contributed by atoms with Crippen molar-refractivity contribution >= 4 is 0 Å². The van der Waals surface area contributed by atoms with E-state index < -0.39 is 0 Å². The number of hydrogen-bond donors (Lipinski definition) is 2. The summed E-state index contributed by atoms with van der Waals surface area (Å²) in [5.41, 5.74) is 5.91. The van der Waals surface area contributed by atoms with Crippen LogP contribution >= 0.6 is 0 Å². The Morgan fingerprint density at radius 3 is 2.53 bits per heavy atom. The minimum atomic E-state index is -0.0241. The zero-order valence-electron chi connectivity index (χ0n) is 11.3. The van der Waals surface area contributed by atoms with Crippen molar-refractivity contribution in [2.45, 2.75) is 51.2 Å². The van der Waals surface area contributed by atoms with Crippen LogP contribution in [0.25, 0.3) is 0 Å². The van der Waals surface area contributed by atoms with Gasteiger partial charge in [0.2, 0.25) is 0 Å². The molecule has 3 heteroatoms. The van der Waals surface area contributed by atoms with E-state index in [4.69, 9.17) is 5.73 Å². The highest BCUT2D eigenvalue weighted by molar-refractivity contribution is 4.88. The molecule has 3 unspecified atom stereocenters. The molecule has 100 valence electrons. The Hall–Kier alpha value is -0.120. The maximum absolute atomic E-state index is 9.34. The molecule has 0 heterocycles. The van der Waals surface area contributed by atoms with Gasteiger partial charge < -0.3 is 15.7 Å². The quantitative estimate of drug-likeness (QED) is 0.782. The SMILES string of the molecule is CC1CCC(CN)C(N(C)CC2CC(O)C2)C1. The molecule has 3 N–H and O–H groups in total. The predicted octanol–water partition coefficient (Wildman–Crippen LogP) is 1.45. The summed E-state index contributed by atoms with van der Waals surface area (Å²) in [4.78, 5) is 2.52. The van der Waals surface area contributed by atoms with E-state index in [1.165, 1.54) is 19.3 Å². The molecule has 2 saturated carbocycles. The van der Waals surface area contributed by atoms with Crippen molar-refractivity contribution in [1.82, 2.24) is 4.90 Å². The Balaban J connectivity index is 1.84. The van der Waals surface area contributed by atoms with Crippen LogP contribution in [0.15, 0.2) is 0 Å². The second-order valence-electron chi connectivity index (χ2n) is 6.41. The molecule has 3 nitrogen and oxygen atoms in total. The first-order valence-corrected chi connectivity index (χ1v) is 7.18. The first-order valence-electron chi connectivity index (χ1n) is 7.18. The van der Waals surface area contributed by atoms with Crippen LogP contribution in [0.5, 0.6) is 0 Å². The van der Waals surface area contributed by atoms with Crippen molar-refractivity contribution in [3.05, 3.63) is 0 Å². The molecule has 0 bridgehead atoms. The van der Waals surface area contributed by atoms with Crippen LogP contribution < -0.4 is 5.73 Å². The van der Waals surface area contributed by atoms with Crippen LogP contribution in [0.1, 0.15) is 39.0 Å². The van der Waals surface area contributed by atoms with E-state index in [1.54, 1.807) is 0 Å². The van der Waals surface area contributed by atoms with E-state index >= 15 is 0 Å². The Bertz CT molecular complexity index is 240. The summed E-state index contributed by atoms with van der Waals surface area (Å²) in [5.74, 6) is 2.24. The summed E-state index contributed by atoms with van der Waals surface area (Å²) in [6, 6.07) is 0.668. The van der Waals surface area contributed by atoms with Gasteiger partial charge in [0.25, 0.3) is 0 Å². The van der Waals surface area contributed by atoms with Gasteiger partial charge in [-0.05, 0) is 57.0 Å². The van der Waals surface area contributed by atoms with Gasteiger partial charge >= 0.3 is 0 Å². The summed E-state index contributed by atoms with van der Waals surface area (Å²) in [7, 11) is 2.25. The van der Waals surface area contributed by atoms with Crippen molar-refractivity contribution in [3.63, 3.8) is 0 Å².